The molecule has 1 aliphatic heterocycles. The van der Waals surface area contributed by atoms with Gasteiger partial charge in [0.15, 0.2) is 0 Å². The number of carbonyl (C=O) groups excluding carboxylic acids is 2. The molecular formula is C12H12FN3O4. The monoisotopic (exact) mass is 281 g/mol. The molecule has 20 heavy (non-hydrogen) atoms. The fraction of sp³-hybridized carbons (Fsp3) is 0.250. The van der Waals surface area contributed by atoms with E-state index in [2.05, 4.69) is 10.6 Å². The number of hydrogen-bond donors (Lipinski definition) is 3. The smallest absolute Gasteiger partial charge is 0.328 e. The SMILES string of the molecule is O=C1CN(C(=O)Nc2cccc(F)c2)C(C(=O)O)CN1. The predicted octanol–water partition coefficient (Wildman–Crippen LogP) is 0.243. The molecule has 3 N–H and O–H groups in total. The molecule has 8 heteroatoms. The van der Waals surface area contributed by atoms with Crippen molar-refractivity contribution in [1.29, 1.82) is 0 Å². The van der Waals surface area contributed by atoms with Crippen LogP contribution in [0.25, 0.3) is 0 Å². The largest absolute Gasteiger partial charge is 0.480 e. The van der Waals surface area contributed by atoms with Gasteiger partial charge in [0.25, 0.3) is 0 Å². The van der Waals surface area contributed by atoms with Gasteiger partial charge in [-0.25, -0.2) is 14.0 Å². The van der Waals surface area contributed by atoms with E-state index in [-0.39, 0.29) is 18.8 Å². The standard InChI is InChI=1S/C12H12FN3O4/c13-7-2-1-3-8(4-7)15-12(20)16-6-10(17)14-5-9(16)11(18)19/h1-4,9H,5-6H2,(H,14,17)(H,15,20)(H,18,19). The van der Waals surface area contributed by atoms with E-state index in [1.54, 1.807) is 0 Å². The van der Waals surface area contributed by atoms with Gasteiger partial charge >= 0.3 is 12.0 Å². The van der Waals surface area contributed by atoms with E-state index in [0.29, 0.717) is 0 Å². The fourth-order valence-corrected chi connectivity index (χ4v) is 1.84. The molecule has 0 saturated carbocycles. The van der Waals surface area contributed by atoms with Gasteiger partial charge in [-0.1, -0.05) is 6.07 Å². The minimum Gasteiger partial charge on any atom is -0.480 e. The normalized spacial score (nSPS) is 18.4. The Bertz CT molecular complexity index is 563. The van der Waals surface area contributed by atoms with Crippen molar-refractivity contribution < 1.29 is 23.9 Å². The molecule has 1 aromatic carbocycles. The summed E-state index contributed by atoms with van der Waals surface area (Å²) in [5.41, 5.74) is 0.185. The van der Waals surface area contributed by atoms with E-state index in [4.69, 9.17) is 5.11 Å². The van der Waals surface area contributed by atoms with Crippen molar-refractivity contribution in [3.05, 3.63) is 30.1 Å². The third-order valence-corrected chi connectivity index (χ3v) is 2.80. The van der Waals surface area contributed by atoms with E-state index in [1.807, 2.05) is 0 Å². The number of halogens is 1. The molecular weight excluding hydrogens is 269 g/mol. The Morgan fingerprint density at radius 3 is 2.85 bits per heavy atom. The number of carboxylic acids is 1. The first kappa shape index (κ1) is 13.8. The number of rotatable bonds is 2. The number of carbonyl (C=O) groups is 3. The minimum atomic E-state index is -1.22. The molecule has 1 aliphatic rings. The number of nitrogens with zero attached hydrogens (tertiary/aromatic N) is 1. The van der Waals surface area contributed by atoms with Crippen molar-refractivity contribution in [2.45, 2.75) is 6.04 Å². The molecule has 0 aromatic heterocycles. The first-order chi connectivity index (χ1) is 9.47. The van der Waals surface area contributed by atoms with Crippen molar-refractivity contribution in [1.82, 2.24) is 10.2 Å². The Kier molecular flexibility index (Phi) is 3.83. The van der Waals surface area contributed by atoms with Crippen LogP contribution in [0.3, 0.4) is 0 Å². The summed E-state index contributed by atoms with van der Waals surface area (Å²) in [5.74, 6) is -2.20. The average molecular weight is 281 g/mol. The van der Waals surface area contributed by atoms with Crippen molar-refractivity contribution >= 4 is 23.6 Å². The molecule has 0 bridgehead atoms. The van der Waals surface area contributed by atoms with Crippen LogP contribution in [0, 0.1) is 5.82 Å². The van der Waals surface area contributed by atoms with Crippen LogP contribution in [0.2, 0.25) is 0 Å². The van der Waals surface area contributed by atoms with E-state index < -0.39 is 29.8 Å². The molecule has 1 heterocycles. The van der Waals surface area contributed by atoms with Crippen LogP contribution in [0.1, 0.15) is 0 Å². The summed E-state index contributed by atoms with van der Waals surface area (Å²) in [6, 6.07) is 3.25. The molecule has 0 radical (unpaired) electrons. The van der Waals surface area contributed by atoms with Gasteiger partial charge in [0, 0.05) is 12.2 Å². The number of benzene rings is 1. The third-order valence-electron chi connectivity index (χ3n) is 2.80. The second-order valence-electron chi connectivity index (χ2n) is 4.23. The first-order valence-corrected chi connectivity index (χ1v) is 5.80. The Morgan fingerprint density at radius 1 is 1.45 bits per heavy atom. The Morgan fingerprint density at radius 2 is 2.20 bits per heavy atom. The number of anilines is 1. The molecule has 2 rings (SSSR count). The van der Waals surface area contributed by atoms with Crippen LogP contribution in [0.4, 0.5) is 14.9 Å². The van der Waals surface area contributed by atoms with Crippen LogP contribution < -0.4 is 10.6 Å². The highest BCUT2D eigenvalue weighted by Crippen LogP contribution is 2.12. The second-order valence-corrected chi connectivity index (χ2v) is 4.23. The molecule has 1 fully saturated rings. The molecule has 1 saturated heterocycles. The Hall–Kier alpha value is -2.64. The summed E-state index contributed by atoms with van der Waals surface area (Å²) in [6.07, 6.45) is 0. The van der Waals surface area contributed by atoms with Crippen LogP contribution in [0.15, 0.2) is 24.3 Å². The van der Waals surface area contributed by atoms with Gasteiger partial charge in [-0.2, -0.15) is 0 Å². The summed E-state index contributed by atoms with van der Waals surface area (Å²) >= 11 is 0. The quantitative estimate of drug-likeness (QED) is 0.723. The maximum atomic E-state index is 13.0. The van der Waals surface area contributed by atoms with Crippen LogP contribution in [0.5, 0.6) is 0 Å². The van der Waals surface area contributed by atoms with Crippen molar-refractivity contribution in [3.8, 4) is 0 Å². The van der Waals surface area contributed by atoms with Crippen molar-refractivity contribution in [2.75, 3.05) is 18.4 Å². The van der Waals surface area contributed by atoms with Crippen LogP contribution >= 0.6 is 0 Å². The van der Waals surface area contributed by atoms with Crippen molar-refractivity contribution in [2.24, 2.45) is 0 Å². The van der Waals surface area contributed by atoms with E-state index in [1.165, 1.54) is 18.2 Å². The summed E-state index contributed by atoms with van der Waals surface area (Å²) in [7, 11) is 0. The molecule has 0 aliphatic carbocycles. The van der Waals surface area contributed by atoms with Gasteiger partial charge < -0.3 is 15.7 Å². The first-order valence-electron chi connectivity index (χ1n) is 5.80. The molecule has 7 nitrogen and oxygen atoms in total. The lowest BCUT2D eigenvalue weighted by Gasteiger charge is -2.32. The maximum Gasteiger partial charge on any atom is 0.328 e. The summed E-state index contributed by atoms with van der Waals surface area (Å²) in [6.45, 7) is -0.525. The lowest BCUT2D eigenvalue weighted by molar-refractivity contribution is -0.144. The lowest BCUT2D eigenvalue weighted by atomic mass is 10.2. The highest BCUT2D eigenvalue weighted by atomic mass is 19.1. The third kappa shape index (κ3) is 3.02. The Labute approximate surface area is 113 Å². The van der Waals surface area contributed by atoms with Gasteiger partial charge in [-0.3, -0.25) is 9.69 Å². The average Bonchev–Trinajstić information content (AvgIpc) is 2.38. The number of piperazine rings is 1. The van der Waals surface area contributed by atoms with Crippen LogP contribution in [-0.2, 0) is 9.59 Å². The Balaban J connectivity index is 2.13. The molecule has 1 aromatic rings. The highest BCUT2D eigenvalue weighted by Gasteiger charge is 2.35. The molecule has 0 spiro atoms. The molecule has 1 atom stereocenters. The number of aliphatic carboxylic acids is 1. The van der Waals surface area contributed by atoms with Gasteiger partial charge in [0.05, 0.1) is 0 Å². The van der Waals surface area contributed by atoms with Gasteiger partial charge in [-0.15, -0.1) is 0 Å². The van der Waals surface area contributed by atoms with Crippen LogP contribution in [-0.4, -0.2) is 47.0 Å². The summed E-state index contributed by atoms with van der Waals surface area (Å²) in [4.78, 5) is 35.2. The molecule has 1 unspecified atom stereocenters. The maximum absolute atomic E-state index is 13.0. The summed E-state index contributed by atoms with van der Waals surface area (Å²) in [5, 5.41) is 13.8. The van der Waals surface area contributed by atoms with Gasteiger partial charge in [0.2, 0.25) is 5.91 Å². The number of nitrogens with one attached hydrogen (secondary N) is 2. The highest BCUT2D eigenvalue weighted by molar-refractivity contribution is 5.96. The predicted molar refractivity (Wildman–Crippen MR) is 66.6 cm³/mol. The fourth-order valence-electron chi connectivity index (χ4n) is 1.84. The lowest BCUT2D eigenvalue weighted by Crippen LogP contribution is -2.60. The second kappa shape index (κ2) is 5.55. The number of urea groups is 1. The topological polar surface area (TPSA) is 98.7 Å². The zero-order valence-corrected chi connectivity index (χ0v) is 10.3. The molecule has 3 amide bonds. The minimum absolute atomic E-state index is 0.162. The zero-order valence-electron chi connectivity index (χ0n) is 10.3. The van der Waals surface area contributed by atoms with Gasteiger partial charge in [-0.05, 0) is 18.2 Å². The van der Waals surface area contributed by atoms with Gasteiger partial charge in [0.1, 0.15) is 18.4 Å². The number of hydrogen-bond acceptors (Lipinski definition) is 3. The summed E-state index contributed by atoms with van der Waals surface area (Å²) < 4.78 is 13.0. The van der Waals surface area contributed by atoms with E-state index in [0.717, 1.165) is 11.0 Å². The number of amides is 3. The zero-order chi connectivity index (χ0) is 14.7. The van der Waals surface area contributed by atoms with E-state index in [9.17, 15) is 18.8 Å². The van der Waals surface area contributed by atoms with Crippen molar-refractivity contribution in [3.63, 3.8) is 0 Å². The number of carboxylic acid groups (broad SMARTS) is 1. The molecule has 106 valence electrons. The van der Waals surface area contributed by atoms with E-state index >= 15 is 0 Å².